The van der Waals surface area contributed by atoms with Crippen molar-refractivity contribution in [2.24, 2.45) is 0 Å². The standard InChI is InChI=1S/C51H32N4O2/c1-4-13-32(14-5-1)35-23-25-44-41(29-35)51(39-20-10-11-22-43(39)55-31-46-37(27-28-56-46)38-19-12-21-40(51)47(38)55)42-30-36(24-26-45(42)57-44)50-53-48(33-15-6-2-7-16-33)52-49(54-50)34-17-8-3-9-18-34/h1-30H,31H2. The molecule has 12 rings (SSSR count). The molecule has 2 aromatic heterocycles. The highest BCUT2D eigenvalue weighted by atomic mass is 16.5. The number of para-hydroxylation sites is 2. The Bertz CT molecular complexity index is 2980. The van der Waals surface area contributed by atoms with Crippen LogP contribution in [0.5, 0.6) is 11.5 Å². The number of aromatic nitrogens is 3. The van der Waals surface area contributed by atoms with E-state index in [9.17, 15) is 0 Å². The molecule has 6 nitrogen and oxygen atoms in total. The Labute approximate surface area is 329 Å². The van der Waals surface area contributed by atoms with Crippen LogP contribution in [-0.2, 0) is 12.0 Å². The van der Waals surface area contributed by atoms with Crippen LogP contribution >= 0.6 is 0 Å². The second kappa shape index (κ2) is 12.2. The summed E-state index contributed by atoms with van der Waals surface area (Å²) in [5.74, 6) is 4.41. The van der Waals surface area contributed by atoms with Crippen molar-refractivity contribution in [2.45, 2.75) is 12.0 Å². The molecule has 6 heteroatoms. The molecule has 0 radical (unpaired) electrons. The zero-order valence-electron chi connectivity index (χ0n) is 30.6. The molecule has 1 spiro atoms. The molecule has 9 aromatic rings. The molecule has 268 valence electrons. The molecule has 1 unspecified atom stereocenters. The summed E-state index contributed by atoms with van der Waals surface area (Å²) in [6.45, 7) is 0.634. The summed E-state index contributed by atoms with van der Waals surface area (Å²) in [4.78, 5) is 17.7. The topological polar surface area (TPSA) is 64.3 Å². The van der Waals surface area contributed by atoms with E-state index in [1.807, 2.05) is 66.9 Å². The monoisotopic (exact) mass is 732 g/mol. The first-order valence-electron chi connectivity index (χ1n) is 19.2. The van der Waals surface area contributed by atoms with Crippen molar-refractivity contribution in [3.8, 4) is 67.9 Å². The third-order valence-electron chi connectivity index (χ3n) is 11.7. The van der Waals surface area contributed by atoms with E-state index in [0.717, 1.165) is 73.0 Å². The average molecular weight is 733 g/mol. The van der Waals surface area contributed by atoms with E-state index in [4.69, 9.17) is 24.1 Å². The van der Waals surface area contributed by atoms with Crippen LogP contribution in [0.25, 0.3) is 56.4 Å². The van der Waals surface area contributed by atoms with Gasteiger partial charge in [0.25, 0.3) is 0 Å². The fourth-order valence-electron chi connectivity index (χ4n) is 9.21. The third kappa shape index (κ3) is 4.68. The summed E-state index contributed by atoms with van der Waals surface area (Å²) in [6.07, 6.45) is 1.81. The molecule has 0 aliphatic carbocycles. The smallest absolute Gasteiger partial charge is 0.164 e. The lowest BCUT2D eigenvalue weighted by molar-refractivity contribution is 0.433. The first-order chi connectivity index (χ1) is 28.2. The van der Waals surface area contributed by atoms with E-state index in [-0.39, 0.29) is 0 Å². The third-order valence-corrected chi connectivity index (χ3v) is 11.7. The van der Waals surface area contributed by atoms with Crippen LogP contribution in [0, 0.1) is 0 Å². The van der Waals surface area contributed by atoms with Crippen molar-refractivity contribution in [3.05, 3.63) is 210 Å². The number of hydrogen-bond acceptors (Lipinski definition) is 6. The fourth-order valence-corrected chi connectivity index (χ4v) is 9.21. The Balaban J connectivity index is 1.17. The van der Waals surface area contributed by atoms with E-state index in [2.05, 4.69) is 120 Å². The molecule has 1 atom stereocenters. The number of hydrogen-bond donors (Lipinski definition) is 0. The van der Waals surface area contributed by atoms with E-state index < -0.39 is 5.41 Å². The molecule has 7 aromatic carbocycles. The molecule has 5 heterocycles. The highest BCUT2D eigenvalue weighted by Gasteiger charge is 2.52. The van der Waals surface area contributed by atoms with Crippen molar-refractivity contribution in [1.82, 2.24) is 15.0 Å². The quantitative estimate of drug-likeness (QED) is 0.179. The lowest BCUT2D eigenvalue weighted by atomic mass is 9.60. The Morgan fingerprint density at radius 2 is 1.00 bits per heavy atom. The maximum atomic E-state index is 6.96. The van der Waals surface area contributed by atoms with Gasteiger partial charge in [0.15, 0.2) is 17.5 Å². The largest absolute Gasteiger partial charge is 0.467 e. The van der Waals surface area contributed by atoms with Crippen LogP contribution in [0.15, 0.2) is 187 Å². The number of fused-ring (bicyclic) bond motifs is 10. The van der Waals surface area contributed by atoms with Gasteiger partial charge in [-0.05, 0) is 64.7 Å². The SMILES string of the molecule is c1ccc(-c2ccc3c(c2)C2(c4cc(-c5nc(-c6ccccc6)nc(-c6ccccc6)n5)ccc4O3)c3ccccc3N3Cc4occc4-c4cccc2c43)cc1. The van der Waals surface area contributed by atoms with Crippen LogP contribution in [0.4, 0.5) is 11.4 Å². The number of benzene rings is 7. The molecular weight excluding hydrogens is 701 g/mol. The summed E-state index contributed by atoms with van der Waals surface area (Å²) in [5, 5.41) is 0. The summed E-state index contributed by atoms with van der Waals surface area (Å²) in [5.41, 5.74) is 13.3. The minimum absolute atomic E-state index is 0.591. The van der Waals surface area contributed by atoms with Gasteiger partial charge in [-0.2, -0.15) is 0 Å². The van der Waals surface area contributed by atoms with Gasteiger partial charge < -0.3 is 14.1 Å². The normalized spacial score (nSPS) is 15.5. The van der Waals surface area contributed by atoms with Crippen LogP contribution in [0.1, 0.15) is 28.0 Å². The van der Waals surface area contributed by atoms with Gasteiger partial charge >= 0.3 is 0 Å². The van der Waals surface area contributed by atoms with Crippen molar-refractivity contribution in [1.29, 1.82) is 0 Å². The van der Waals surface area contributed by atoms with Gasteiger partial charge in [0.2, 0.25) is 0 Å². The summed E-state index contributed by atoms with van der Waals surface area (Å²) in [6, 6.07) is 61.5. The molecule has 0 fully saturated rings. The van der Waals surface area contributed by atoms with E-state index in [1.54, 1.807) is 0 Å². The molecule has 0 bridgehead atoms. The molecule has 57 heavy (non-hydrogen) atoms. The highest BCUT2D eigenvalue weighted by Crippen LogP contribution is 2.64. The van der Waals surface area contributed by atoms with Crippen molar-refractivity contribution in [2.75, 3.05) is 4.90 Å². The van der Waals surface area contributed by atoms with E-state index >= 15 is 0 Å². The molecule has 0 amide bonds. The van der Waals surface area contributed by atoms with Gasteiger partial charge in [-0.25, -0.2) is 15.0 Å². The van der Waals surface area contributed by atoms with Crippen LogP contribution in [-0.4, -0.2) is 15.0 Å². The Morgan fingerprint density at radius 3 is 1.68 bits per heavy atom. The highest BCUT2D eigenvalue weighted by molar-refractivity contribution is 5.96. The summed E-state index contributed by atoms with van der Waals surface area (Å²) in [7, 11) is 0. The Kier molecular flexibility index (Phi) is 6.81. The maximum Gasteiger partial charge on any atom is 0.164 e. The fraction of sp³-hybridized carbons (Fsp3) is 0.0392. The average Bonchev–Trinajstić information content (AvgIpc) is 3.77. The number of rotatable bonds is 4. The Hall–Kier alpha value is -7.57. The number of furan rings is 1. The summed E-state index contributed by atoms with van der Waals surface area (Å²) < 4.78 is 13.1. The number of ether oxygens (including phenoxy) is 1. The van der Waals surface area contributed by atoms with Crippen molar-refractivity contribution in [3.63, 3.8) is 0 Å². The molecule has 0 N–H and O–H groups in total. The molecule has 0 saturated heterocycles. The zero-order valence-corrected chi connectivity index (χ0v) is 30.6. The summed E-state index contributed by atoms with van der Waals surface area (Å²) >= 11 is 0. The van der Waals surface area contributed by atoms with Crippen LogP contribution in [0.3, 0.4) is 0 Å². The number of anilines is 2. The van der Waals surface area contributed by atoms with E-state index in [0.29, 0.717) is 24.0 Å². The maximum absolute atomic E-state index is 6.96. The van der Waals surface area contributed by atoms with Gasteiger partial charge in [0.1, 0.15) is 17.3 Å². The van der Waals surface area contributed by atoms with Gasteiger partial charge in [0, 0.05) is 44.6 Å². The second-order valence-corrected chi connectivity index (χ2v) is 14.7. The van der Waals surface area contributed by atoms with Crippen LogP contribution < -0.4 is 9.64 Å². The predicted molar refractivity (Wildman–Crippen MR) is 223 cm³/mol. The minimum atomic E-state index is -0.777. The molecular formula is C51H32N4O2. The molecule has 3 aliphatic heterocycles. The first-order valence-corrected chi connectivity index (χ1v) is 19.2. The van der Waals surface area contributed by atoms with Crippen molar-refractivity contribution < 1.29 is 9.15 Å². The number of nitrogens with zero attached hydrogens (tertiary/aromatic N) is 4. The predicted octanol–water partition coefficient (Wildman–Crippen LogP) is 12.3. The second-order valence-electron chi connectivity index (χ2n) is 14.7. The van der Waals surface area contributed by atoms with E-state index in [1.165, 1.54) is 16.8 Å². The van der Waals surface area contributed by atoms with Gasteiger partial charge in [-0.1, -0.05) is 133 Å². The van der Waals surface area contributed by atoms with Gasteiger partial charge in [-0.15, -0.1) is 0 Å². The lowest BCUT2D eigenvalue weighted by Gasteiger charge is -2.50. The zero-order chi connectivity index (χ0) is 37.5. The van der Waals surface area contributed by atoms with Gasteiger partial charge in [-0.3, -0.25) is 0 Å². The molecule has 3 aliphatic rings. The van der Waals surface area contributed by atoms with Crippen molar-refractivity contribution >= 4 is 11.4 Å². The first kappa shape index (κ1) is 31.7. The Morgan fingerprint density at radius 1 is 0.439 bits per heavy atom. The molecule has 0 saturated carbocycles. The van der Waals surface area contributed by atoms with Crippen LogP contribution in [0.2, 0.25) is 0 Å². The van der Waals surface area contributed by atoms with Gasteiger partial charge in [0.05, 0.1) is 23.9 Å². The lowest BCUT2D eigenvalue weighted by Crippen LogP contribution is -2.41. The minimum Gasteiger partial charge on any atom is -0.467 e.